The van der Waals surface area contributed by atoms with Gasteiger partial charge in [-0.05, 0) is 42.0 Å². The van der Waals surface area contributed by atoms with Crippen molar-refractivity contribution in [1.29, 1.82) is 0 Å². The summed E-state index contributed by atoms with van der Waals surface area (Å²) in [6.45, 7) is 0. The molecule has 0 aliphatic carbocycles. The van der Waals surface area contributed by atoms with Crippen LogP contribution >= 0.6 is 34.5 Å². The first-order valence-electron chi connectivity index (χ1n) is 8.78. The minimum atomic E-state index is -5.42. The Balaban J connectivity index is 1.62. The zero-order chi connectivity index (χ0) is 23.1. The Morgan fingerprint density at radius 1 is 1.00 bits per heavy atom. The highest BCUT2D eigenvalue weighted by molar-refractivity contribution is 7.92. The number of hydrogen-bond donors (Lipinski definition) is 1. The van der Waals surface area contributed by atoms with Gasteiger partial charge in [-0.2, -0.15) is 13.2 Å². The first kappa shape index (κ1) is 22.7. The molecule has 0 saturated carbocycles. The summed E-state index contributed by atoms with van der Waals surface area (Å²) in [6.07, 6.45) is 1.69. The third-order valence-corrected chi connectivity index (χ3v) is 7.54. The number of halogens is 5. The summed E-state index contributed by atoms with van der Waals surface area (Å²) >= 11 is 13.8. The minimum Gasteiger partial charge on any atom is -0.338 e. The zero-order valence-corrected chi connectivity index (χ0v) is 18.8. The maximum absolute atomic E-state index is 12.7. The molecule has 2 aromatic heterocycles. The number of nitrogens with zero attached hydrogens (tertiary/aromatic N) is 3. The lowest BCUT2D eigenvalue weighted by Gasteiger charge is -2.09. The van der Waals surface area contributed by atoms with E-state index in [1.165, 1.54) is 29.8 Å². The molecule has 32 heavy (non-hydrogen) atoms. The van der Waals surface area contributed by atoms with Crippen LogP contribution < -0.4 is 5.32 Å². The smallest absolute Gasteiger partial charge is 0.338 e. The van der Waals surface area contributed by atoms with Crippen LogP contribution in [0, 0.1) is 0 Å². The monoisotopic (exact) mass is 518 g/mol. The second kappa shape index (κ2) is 8.47. The van der Waals surface area contributed by atoms with Crippen LogP contribution in [0.2, 0.25) is 10.0 Å². The molecule has 0 spiro atoms. The summed E-state index contributed by atoms with van der Waals surface area (Å²) in [7, 11) is -5.42. The Labute approximate surface area is 194 Å². The lowest BCUT2D eigenvalue weighted by atomic mass is 10.1. The van der Waals surface area contributed by atoms with Crippen molar-refractivity contribution in [3.05, 3.63) is 69.4 Å². The van der Waals surface area contributed by atoms with Gasteiger partial charge in [0.1, 0.15) is 21.7 Å². The maximum Gasteiger partial charge on any atom is 0.501 e. The highest BCUT2D eigenvalue weighted by Crippen LogP contribution is 2.33. The van der Waals surface area contributed by atoms with Crippen molar-refractivity contribution in [2.24, 2.45) is 0 Å². The molecule has 0 aliphatic heterocycles. The molecule has 166 valence electrons. The highest BCUT2D eigenvalue weighted by atomic mass is 35.5. The number of anilines is 2. The van der Waals surface area contributed by atoms with E-state index in [4.69, 9.17) is 23.2 Å². The summed E-state index contributed by atoms with van der Waals surface area (Å²) in [5.74, 6) is 0.314. The Morgan fingerprint density at radius 3 is 2.28 bits per heavy atom. The molecule has 0 unspecified atom stereocenters. The number of hydrogen-bond acceptors (Lipinski definition) is 7. The number of nitrogens with one attached hydrogen (secondary N) is 1. The highest BCUT2D eigenvalue weighted by Gasteiger charge is 2.46. The molecule has 0 radical (unpaired) electrons. The second-order valence-corrected chi connectivity index (χ2v) is 10.3. The molecule has 0 atom stereocenters. The molecule has 0 saturated heterocycles. The summed E-state index contributed by atoms with van der Waals surface area (Å²) in [5.41, 5.74) is -3.88. The Hall–Kier alpha value is -2.47. The second-order valence-electron chi connectivity index (χ2n) is 6.46. The molecule has 6 nitrogen and oxygen atoms in total. The third kappa shape index (κ3) is 4.38. The number of alkyl halides is 3. The van der Waals surface area contributed by atoms with Gasteiger partial charge in [0.15, 0.2) is 5.82 Å². The van der Waals surface area contributed by atoms with E-state index in [0.29, 0.717) is 43.3 Å². The minimum absolute atomic E-state index is 0.314. The van der Waals surface area contributed by atoms with E-state index in [0.717, 1.165) is 17.7 Å². The van der Waals surface area contributed by atoms with Crippen molar-refractivity contribution in [3.63, 3.8) is 0 Å². The maximum atomic E-state index is 12.7. The van der Waals surface area contributed by atoms with Crippen molar-refractivity contribution in [3.8, 4) is 0 Å². The van der Waals surface area contributed by atoms with Gasteiger partial charge in [-0.3, -0.25) is 0 Å². The fourth-order valence-corrected chi connectivity index (χ4v) is 5.01. The summed E-state index contributed by atoms with van der Waals surface area (Å²) in [4.78, 5) is 12.6. The quantitative estimate of drug-likeness (QED) is 0.347. The van der Waals surface area contributed by atoms with Gasteiger partial charge in [0.25, 0.3) is 9.84 Å². The van der Waals surface area contributed by atoms with E-state index in [2.05, 4.69) is 20.3 Å². The molecule has 2 aromatic carbocycles. The van der Waals surface area contributed by atoms with E-state index < -0.39 is 20.2 Å². The Bertz CT molecular complexity index is 1390. The van der Waals surface area contributed by atoms with Gasteiger partial charge >= 0.3 is 5.51 Å². The zero-order valence-electron chi connectivity index (χ0n) is 15.7. The van der Waals surface area contributed by atoms with E-state index >= 15 is 0 Å². The van der Waals surface area contributed by atoms with Crippen LogP contribution in [-0.2, 0) is 16.3 Å². The van der Waals surface area contributed by atoms with Crippen LogP contribution in [0.4, 0.5) is 24.7 Å². The van der Waals surface area contributed by atoms with Crippen molar-refractivity contribution < 1.29 is 21.6 Å². The Kier molecular flexibility index (Phi) is 6.01. The van der Waals surface area contributed by atoms with E-state index in [-0.39, 0.29) is 0 Å². The number of fused-ring (bicyclic) bond motifs is 1. The number of benzene rings is 2. The topological polar surface area (TPSA) is 84.8 Å². The van der Waals surface area contributed by atoms with Gasteiger partial charge in [0.2, 0.25) is 0 Å². The Morgan fingerprint density at radius 2 is 1.66 bits per heavy atom. The van der Waals surface area contributed by atoms with Gasteiger partial charge in [-0.1, -0.05) is 40.6 Å². The average Bonchev–Trinajstić information content (AvgIpc) is 3.14. The van der Waals surface area contributed by atoms with Crippen LogP contribution in [0.15, 0.2) is 53.7 Å². The van der Waals surface area contributed by atoms with E-state index in [9.17, 15) is 21.6 Å². The fourth-order valence-electron chi connectivity index (χ4n) is 2.80. The van der Waals surface area contributed by atoms with Gasteiger partial charge < -0.3 is 5.32 Å². The molecule has 2 heterocycles. The van der Waals surface area contributed by atoms with Crippen molar-refractivity contribution in [2.75, 3.05) is 5.32 Å². The summed E-state index contributed by atoms with van der Waals surface area (Å²) < 4.78 is 61.1. The summed E-state index contributed by atoms with van der Waals surface area (Å²) in [5, 5.41) is 4.63. The van der Waals surface area contributed by atoms with Crippen molar-refractivity contribution in [2.45, 2.75) is 16.8 Å². The number of aromatic nitrogens is 3. The van der Waals surface area contributed by atoms with Gasteiger partial charge in [-0.15, -0.1) is 0 Å². The van der Waals surface area contributed by atoms with Crippen LogP contribution in [0.5, 0.6) is 0 Å². The largest absolute Gasteiger partial charge is 0.501 e. The summed E-state index contributed by atoms with van der Waals surface area (Å²) in [6, 6.07) is 9.36. The molecule has 0 aliphatic rings. The van der Waals surface area contributed by atoms with Crippen LogP contribution in [0.25, 0.3) is 10.3 Å². The molecule has 0 amide bonds. The number of rotatable bonds is 5. The number of sulfone groups is 1. The lowest BCUT2D eigenvalue weighted by molar-refractivity contribution is -0.0436. The van der Waals surface area contributed by atoms with Gasteiger partial charge in [-0.25, -0.2) is 23.4 Å². The average molecular weight is 519 g/mol. The standard InChI is InChI=1S/C19H11Cl2F3N4O2S2/c20-13-2-1-3-14(21)12(13)8-15-28-16-17(25-9-26-18(16)31-15)27-10-4-6-11(7-5-10)32(29,30)19(22,23)24/h1-7,9H,8H2,(H,25,26,27). The van der Waals surface area contributed by atoms with Crippen LogP contribution in [-0.4, -0.2) is 28.9 Å². The first-order valence-corrected chi connectivity index (χ1v) is 11.8. The lowest BCUT2D eigenvalue weighted by Crippen LogP contribution is -2.23. The predicted molar refractivity (Wildman–Crippen MR) is 117 cm³/mol. The van der Waals surface area contributed by atoms with Crippen LogP contribution in [0.3, 0.4) is 0 Å². The van der Waals surface area contributed by atoms with E-state index in [1.54, 1.807) is 18.2 Å². The molecule has 4 rings (SSSR count). The van der Waals surface area contributed by atoms with E-state index in [1.807, 2.05) is 0 Å². The molecule has 13 heteroatoms. The normalized spacial score (nSPS) is 12.3. The SMILES string of the molecule is O=S(=O)(c1ccc(Nc2ncnc3sc(Cc4c(Cl)cccc4Cl)nc23)cc1)C(F)(F)F. The predicted octanol–water partition coefficient (Wildman–Crippen LogP) is 6.02. The molecule has 0 bridgehead atoms. The molecular weight excluding hydrogens is 508 g/mol. The molecule has 1 N–H and O–H groups in total. The number of thiazole rings is 1. The molecule has 4 aromatic rings. The van der Waals surface area contributed by atoms with Crippen molar-refractivity contribution >= 4 is 66.2 Å². The van der Waals surface area contributed by atoms with Gasteiger partial charge in [0.05, 0.1) is 4.90 Å². The van der Waals surface area contributed by atoms with Gasteiger partial charge in [0, 0.05) is 22.2 Å². The third-order valence-electron chi connectivity index (χ3n) is 4.36. The van der Waals surface area contributed by atoms with Crippen LogP contribution in [0.1, 0.15) is 10.6 Å². The first-order chi connectivity index (χ1) is 15.1. The molecular formula is C19H11Cl2F3N4O2S2. The molecule has 0 fully saturated rings. The fraction of sp³-hybridized carbons (Fsp3) is 0.105. The van der Waals surface area contributed by atoms with Crippen molar-refractivity contribution in [1.82, 2.24) is 15.0 Å².